The molecule has 0 radical (unpaired) electrons. The molecule has 0 aliphatic carbocycles. The van der Waals surface area contributed by atoms with Gasteiger partial charge in [-0.25, -0.2) is 4.98 Å². The highest BCUT2D eigenvalue weighted by Gasteiger charge is 2.04. The first-order valence-corrected chi connectivity index (χ1v) is 6.81. The van der Waals surface area contributed by atoms with E-state index in [-0.39, 0.29) is 5.78 Å². The van der Waals surface area contributed by atoms with E-state index in [1.165, 1.54) is 5.56 Å². The Morgan fingerprint density at radius 1 is 1.10 bits per heavy atom. The third-order valence-corrected chi connectivity index (χ3v) is 3.28. The van der Waals surface area contributed by atoms with Gasteiger partial charge in [0, 0.05) is 24.8 Å². The van der Waals surface area contributed by atoms with Crippen LogP contribution in [0.4, 0.5) is 0 Å². The molecule has 0 unspecified atom stereocenters. The van der Waals surface area contributed by atoms with Crippen LogP contribution in [0.2, 0.25) is 5.15 Å². The van der Waals surface area contributed by atoms with Crippen molar-refractivity contribution in [2.24, 2.45) is 0 Å². The van der Waals surface area contributed by atoms with E-state index < -0.39 is 0 Å². The van der Waals surface area contributed by atoms with Crippen LogP contribution in [0.3, 0.4) is 0 Å². The molecule has 0 fully saturated rings. The molecular weight excluding hydrogens is 272 g/mol. The van der Waals surface area contributed by atoms with Crippen LogP contribution in [0.25, 0.3) is 0 Å². The zero-order valence-electron chi connectivity index (χ0n) is 11.6. The van der Waals surface area contributed by atoms with E-state index >= 15 is 0 Å². The molecule has 4 heteroatoms. The summed E-state index contributed by atoms with van der Waals surface area (Å²) in [5.74, 6) is 0.0946. The Morgan fingerprint density at radius 3 is 2.25 bits per heavy atom. The standard InChI is InChI=1S/C16H17ClN2O/c1-12(20)15-6-3-13(4-7-15)10-19(2)11-14-5-8-16(17)18-9-14/h3-9H,10-11H2,1-2H3. The third kappa shape index (κ3) is 4.15. The SMILES string of the molecule is CC(=O)c1ccc(CN(C)Cc2ccc(Cl)nc2)cc1. The molecule has 1 aromatic carbocycles. The number of benzene rings is 1. The molecule has 0 saturated heterocycles. The number of Topliss-reactive ketones (excluding diaryl/α,β-unsaturated/α-hetero) is 1. The molecule has 0 N–H and O–H groups in total. The minimum absolute atomic E-state index is 0.0946. The molecule has 0 aliphatic heterocycles. The molecule has 0 amide bonds. The smallest absolute Gasteiger partial charge is 0.159 e. The Balaban J connectivity index is 1.95. The number of halogens is 1. The minimum atomic E-state index is 0.0946. The van der Waals surface area contributed by atoms with E-state index in [1.54, 1.807) is 19.2 Å². The van der Waals surface area contributed by atoms with E-state index in [4.69, 9.17) is 11.6 Å². The Hall–Kier alpha value is -1.71. The molecule has 3 nitrogen and oxygen atoms in total. The van der Waals surface area contributed by atoms with Gasteiger partial charge < -0.3 is 0 Å². The van der Waals surface area contributed by atoms with Crippen molar-refractivity contribution in [1.29, 1.82) is 0 Å². The maximum atomic E-state index is 11.2. The molecule has 0 atom stereocenters. The lowest BCUT2D eigenvalue weighted by Gasteiger charge is -2.16. The van der Waals surface area contributed by atoms with Crippen LogP contribution in [0.1, 0.15) is 28.4 Å². The number of hydrogen-bond donors (Lipinski definition) is 0. The zero-order valence-corrected chi connectivity index (χ0v) is 12.4. The van der Waals surface area contributed by atoms with Gasteiger partial charge in [0.05, 0.1) is 0 Å². The van der Waals surface area contributed by atoms with Gasteiger partial charge in [-0.2, -0.15) is 0 Å². The van der Waals surface area contributed by atoms with Gasteiger partial charge >= 0.3 is 0 Å². The fraction of sp³-hybridized carbons (Fsp3) is 0.250. The normalized spacial score (nSPS) is 10.8. The van der Waals surface area contributed by atoms with Crippen LogP contribution in [0, 0.1) is 0 Å². The lowest BCUT2D eigenvalue weighted by Crippen LogP contribution is -2.17. The van der Waals surface area contributed by atoms with Crippen molar-refractivity contribution in [3.63, 3.8) is 0 Å². The molecule has 1 heterocycles. The summed E-state index contributed by atoms with van der Waals surface area (Å²) in [5, 5.41) is 0.510. The van der Waals surface area contributed by atoms with Gasteiger partial charge in [0.25, 0.3) is 0 Å². The minimum Gasteiger partial charge on any atom is -0.298 e. The average molecular weight is 289 g/mol. The van der Waals surface area contributed by atoms with Gasteiger partial charge in [0.1, 0.15) is 5.15 Å². The molecule has 1 aromatic heterocycles. The van der Waals surface area contributed by atoms with Gasteiger partial charge in [-0.15, -0.1) is 0 Å². The van der Waals surface area contributed by atoms with Crippen molar-refractivity contribution in [3.05, 3.63) is 64.4 Å². The number of aromatic nitrogens is 1. The predicted octanol–water partition coefficient (Wildman–Crippen LogP) is 3.57. The summed E-state index contributed by atoms with van der Waals surface area (Å²) in [4.78, 5) is 17.5. The van der Waals surface area contributed by atoms with Crippen molar-refractivity contribution in [2.45, 2.75) is 20.0 Å². The second kappa shape index (κ2) is 6.64. The molecular formula is C16H17ClN2O. The van der Waals surface area contributed by atoms with Crippen LogP contribution >= 0.6 is 11.6 Å². The number of hydrogen-bond acceptors (Lipinski definition) is 3. The topological polar surface area (TPSA) is 33.2 Å². The van der Waals surface area contributed by atoms with Crippen molar-refractivity contribution >= 4 is 17.4 Å². The predicted molar refractivity (Wildman–Crippen MR) is 80.9 cm³/mol. The first-order chi connectivity index (χ1) is 9.54. The molecule has 0 spiro atoms. The fourth-order valence-corrected chi connectivity index (χ4v) is 2.14. The molecule has 0 aliphatic rings. The van der Waals surface area contributed by atoms with Gasteiger partial charge in [-0.3, -0.25) is 9.69 Å². The summed E-state index contributed by atoms with van der Waals surface area (Å²) in [5.41, 5.74) is 3.05. The quantitative estimate of drug-likeness (QED) is 0.623. The molecule has 0 saturated carbocycles. The fourth-order valence-electron chi connectivity index (χ4n) is 2.02. The molecule has 20 heavy (non-hydrogen) atoms. The lowest BCUT2D eigenvalue weighted by molar-refractivity contribution is 0.101. The number of pyridine rings is 1. The summed E-state index contributed by atoms with van der Waals surface area (Å²) < 4.78 is 0. The van der Waals surface area contributed by atoms with Gasteiger partial charge in [-0.05, 0) is 31.2 Å². The van der Waals surface area contributed by atoms with Crippen molar-refractivity contribution in [1.82, 2.24) is 9.88 Å². The lowest BCUT2D eigenvalue weighted by atomic mass is 10.1. The largest absolute Gasteiger partial charge is 0.298 e. The number of nitrogens with zero attached hydrogens (tertiary/aromatic N) is 2. The Labute approximate surface area is 124 Å². The first kappa shape index (κ1) is 14.7. The summed E-state index contributed by atoms with van der Waals surface area (Å²) in [6.45, 7) is 3.20. The maximum absolute atomic E-state index is 11.2. The van der Waals surface area contributed by atoms with Crippen molar-refractivity contribution in [3.8, 4) is 0 Å². The first-order valence-electron chi connectivity index (χ1n) is 6.43. The summed E-state index contributed by atoms with van der Waals surface area (Å²) in [6, 6.07) is 11.5. The summed E-state index contributed by atoms with van der Waals surface area (Å²) in [6.07, 6.45) is 1.79. The maximum Gasteiger partial charge on any atom is 0.159 e. The number of carbonyl (C=O) groups excluding carboxylic acids is 1. The highest BCUT2D eigenvalue weighted by atomic mass is 35.5. The summed E-state index contributed by atoms with van der Waals surface area (Å²) in [7, 11) is 2.05. The molecule has 0 bridgehead atoms. The summed E-state index contributed by atoms with van der Waals surface area (Å²) >= 11 is 5.77. The van der Waals surface area contributed by atoms with E-state index in [1.807, 2.05) is 37.4 Å². The van der Waals surface area contributed by atoms with E-state index in [2.05, 4.69) is 9.88 Å². The van der Waals surface area contributed by atoms with Gasteiger partial charge in [0.2, 0.25) is 0 Å². The van der Waals surface area contributed by atoms with Gasteiger partial charge in [0.15, 0.2) is 5.78 Å². The van der Waals surface area contributed by atoms with E-state index in [0.717, 1.165) is 24.2 Å². The molecule has 104 valence electrons. The van der Waals surface area contributed by atoms with Crippen LogP contribution in [0.15, 0.2) is 42.6 Å². The van der Waals surface area contributed by atoms with E-state index in [9.17, 15) is 4.79 Å². The second-order valence-corrected chi connectivity index (χ2v) is 5.30. The van der Waals surface area contributed by atoms with Crippen LogP contribution < -0.4 is 0 Å². The van der Waals surface area contributed by atoms with Crippen LogP contribution in [-0.4, -0.2) is 22.7 Å². The van der Waals surface area contributed by atoms with Gasteiger partial charge in [-0.1, -0.05) is 41.9 Å². The third-order valence-electron chi connectivity index (χ3n) is 3.05. The number of ketones is 1. The van der Waals surface area contributed by atoms with Crippen molar-refractivity contribution in [2.75, 3.05) is 7.05 Å². The highest BCUT2D eigenvalue weighted by molar-refractivity contribution is 6.29. The highest BCUT2D eigenvalue weighted by Crippen LogP contribution is 2.11. The van der Waals surface area contributed by atoms with E-state index in [0.29, 0.717) is 5.15 Å². The van der Waals surface area contributed by atoms with Crippen molar-refractivity contribution < 1.29 is 4.79 Å². The van der Waals surface area contributed by atoms with Crippen LogP contribution in [-0.2, 0) is 13.1 Å². The Morgan fingerprint density at radius 2 is 1.70 bits per heavy atom. The Kier molecular flexibility index (Phi) is 4.88. The number of carbonyl (C=O) groups is 1. The molecule has 2 aromatic rings. The monoisotopic (exact) mass is 288 g/mol. The molecule has 2 rings (SSSR count). The van der Waals surface area contributed by atoms with Crippen LogP contribution in [0.5, 0.6) is 0 Å². The Bertz CT molecular complexity index is 578. The number of rotatable bonds is 5. The zero-order chi connectivity index (χ0) is 14.5. The average Bonchev–Trinajstić information content (AvgIpc) is 2.42. The second-order valence-electron chi connectivity index (χ2n) is 4.91.